The van der Waals surface area contributed by atoms with Crippen LogP contribution >= 0.6 is 0 Å². The molecular formula is C25H27F3N4O2. The van der Waals surface area contributed by atoms with Gasteiger partial charge >= 0.3 is 6.18 Å². The van der Waals surface area contributed by atoms with Gasteiger partial charge in [0.2, 0.25) is 0 Å². The quantitative estimate of drug-likeness (QED) is 0.541. The monoisotopic (exact) mass is 472 g/mol. The highest BCUT2D eigenvalue weighted by Crippen LogP contribution is 2.37. The summed E-state index contributed by atoms with van der Waals surface area (Å²) in [5, 5.41) is 3.16. The van der Waals surface area contributed by atoms with Crippen molar-refractivity contribution < 1.29 is 18.0 Å². The number of amides is 1. The molecule has 0 saturated carbocycles. The molecule has 1 amide bonds. The number of halogens is 3. The predicted molar refractivity (Wildman–Crippen MR) is 125 cm³/mol. The maximum absolute atomic E-state index is 13.8. The van der Waals surface area contributed by atoms with E-state index in [1.165, 1.54) is 13.0 Å². The van der Waals surface area contributed by atoms with Gasteiger partial charge in [0.05, 0.1) is 16.5 Å². The first-order valence-electron chi connectivity index (χ1n) is 11.3. The molecule has 0 aliphatic carbocycles. The van der Waals surface area contributed by atoms with Gasteiger partial charge in [-0.1, -0.05) is 6.92 Å². The van der Waals surface area contributed by atoms with Crippen molar-refractivity contribution in [2.45, 2.75) is 45.8 Å². The number of hydrogen-bond donors (Lipinski definition) is 2. The van der Waals surface area contributed by atoms with Gasteiger partial charge in [0.15, 0.2) is 0 Å². The average Bonchev–Trinajstić information content (AvgIpc) is 2.77. The summed E-state index contributed by atoms with van der Waals surface area (Å²) in [6, 6.07) is 8.14. The summed E-state index contributed by atoms with van der Waals surface area (Å²) < 4.78 is 41.5. The average molecular weight is 473 g/mol. The molecule has 0 spiro atoms. The van der Waals surface area contributed by atoms with Crippen LogP contribution in [0.3, 0.4) is 0 Å². The maximum Gasteiger partial charge on any atom is 0.416 e. The van der Waals surface area contributed by atoms with E-state index < -0.39 is 23.3 Å². The molecule has 0 bridgehead atoms. The van der Waals surface area contributed by atoms with Crippen LogP contribution in [0.5, 0.6) is 0 Å². The highest BCUT2D eigenvalue weighted by atomic mass is 19.4. The first-order chi connectivity index (χ1) is 16.0. The first kappa shape index (κ1) is 23.8. The SMILES string of the molecule is Cc1nc2cc(C(F)(F)F)c([C@H](C)Nc3ccc(C(=O)N4CCCC(C)C4)cc3)cc2c(=O)[nH]1. The highest BCUT2D eigenvalue weighted by molar-refractivity contribution is 5.94. The minimum atomic E-state index is -4.61. The second kappa shape index (κ2) is 9.12. The van der Waals surface area contributed by atoms with Crippen molar-refractivity contribution in [3.8, 4) is 0 Å². The Balaban J connectivity index is 1.59. The van der Waals surface area contributed by atoms with Crippen molar-refractivity contribution in [3.05, 3.63) is 69.3 Å². The van der Waals surface area contributed by atoms with Crippen LogP contribution in [0.2, 0.25) is 0 Å². The second-order valence-electron chi connectivity index (χ2n) is 9.05. The van der Waals surface area contributed by atoms with Gasteiger partial charge in [-0.3, -0.25) is 9.59 Å². The molecule has 1 fully saturated rings. The molecule has 34 heavy (non-hydrogen) atoms. The Morgan fingerprint density at radius 3 is 2.59 bits per heavy atom. The smallest absolute Gasteiger partial charge is 0.379 e. The number of aryl methyl sites for hydroxylation is 1. The zero-order chi connectivity index (χ0) is 24.6. The fourth-order valence-electron chi connectivity index (χ4n) is 4.52. The number of anilines is 1. The van der Waals surface area contributed by atoms with Crippen LogP contribution in [0.1, 0.15) is 60.0 Å². The van der Waals surface area contributed by atoms with E-state index in [-0.39, 0.29) is 28.2 Å². The van der Waals surface area contributed by atoms with Crippen LogP contribution in [0.4, 0.5) is 18.9 Å². The molecule has 0 radical (unpaired) electrons. The van der Waals surface area contributed by atoms with E-state index in [9.17, 15) is 22.8 Å². The van der Waals surface area contributed by atoms with Crippen LogP contribution in [0.15, 0.2) is 41.2 Å². The Kier molecular flexibility index (Phi) is 6.38. The number of piperidine rings is 1. The molecule has 9 heteroatoms. The number of benzene rings is 2. The number of likely N-dealkylation sites (tertiary alicyclic amines) is 1. The lowest BCUT2D eigenvalue weighted by Crippen LogP contribution is -2.39. The zero-order valence-electron chi connectivity index (χ0n) is 19.3. The summed E-state index contributed by atoms with van der Waals surface area (Å²) in [5.74, 6) is 0.677. The Hall–Kier alpha value is -3.36. The molecule has 4 rings (SSSR count). The van der Waals surface area contributed by atoms with Gasteiger partial charge in [-0.15, -0.1) is 0 Å². The number of nitrogens with one attached hydrogen (secondary N) is 2. The molecule has 1 saturated heterocycles. The van der Waals surface area contributed by atoms with Crippen molar-refractivity contribution >= 4 is 22.5 Å². The Labute approximate surface area is 195 Å². The molecule has 1 aromatic heterocycles. The molecule has 2 N–H and O–H groups in total. The van der Waals surface area contributed by atoms with Gasteiger partial charge < -0.3 is 15.2 Å². The normalized spacial score (nSPS) is 17.6. The molecule has 1 aliphatic rings. The number of rotatable bonds is 4. The van der Waals surface area contributed by atoms with Crippen LogP contribution in [0.25, 0.3) is 10.9 Å². The summed E-state index contributed by atoms with van der Waals surface area (Å²) in [4.78, 5) is 33.5. The lowest BCUT2D eigenvalue weighted by Gasteiger charge is -2.31. The van der Waals surface area contributed by atoms with Gasteiger partial charge in [-0.25, -0.2) is 4.98 Å². The maximum atomic E-state index is 13.8. The number of hydrogen-bond acceptors (Lipinski definition) is 4. The molecular weight excluding hydrogens is 445 g/mol. The first-order valence-corrected chi connectivity index (χ1v) is 11.3. The third-order valence-corrected chi connectivity index (χ3v) is 6.23. The van der Waals surface area contributed by atoms with Crippen LogP contribution < -0.4 is 10.9 Å². The summed E-state index contributed by atoms with van der Waals surface area (Å²) in [5.41, 5.74) is -0.275. The van der Waals surface area contributed by atoms with Gasteiger partial charge in [-0.05, 0) is 74.6 Å². The molecule has 2 atom stereocenters. The standard InChI is InChI=1S/C25H27F3N4O2/c1-14-5-4-10-32(13-14)24(34)17-6-8-18(9-7-17)29-15(2)19-11-20-22(12-21(19)25(26,27)28)30-16(3)31-23(20)33/h6-9,11-12,14-15,29H,4-5,10,13H2,1-3H3,(H,30,31,33)/t14?,15-/m0/s1. The number of aromatic nitrogens is 2. The van der Waals surface area contributed by atoms with Crippen LogP contribution in [-0.2, 0) is 6.18 Å². The van der Waals surface area contributed by atoms with Gasteiger partial charge in [0.25, 0.3) is 11.5 Å². The van der Waals surface area contributed by atoms with Crippen molar-refractivity contribution in [3.63, 3.8) is 0 Å². The molecule has 2 aromatic carbocycles. The Bertz CT molecular complexity index is 1270. The van der Waals surface area contributed by atoms with Crippen molar-refractivity contribution in [1.29, 1.82) is 0 Å². The van der Waals surface area contributed by atoms with Crippen LogP contribution in [-0.4, -0.2) is 33.9 Å². The van der Waals surface area contributed by atoms with E-state index in [1.54, 1.807) is 31.2 Å². The van der Waals surface area contributed by atoms with E-state index in [2.05, 4.69) is 22.2 Å². The van der Waals surface area contributed by atoms with E-state index >= 15 is 0 Å². The number of alkyl halides is 3. The molecule has 1 aliphatic heterocycles. The predicted octanol–water partition coefficient (Wildman–Crippen LogP) is 5.30. The number of carbonyl (C=O) groups excluding carboxylic acids is 1. The summed E-state index contributed by atoms with van der Waals surface area (Å²) in [6.45, 7) is 6.70. The topological polar surface area (TPSA) is 78.1 Å². The molecule has 6 nitrogen and oxygen atoms in total. The molecule has 1 unspecified atom stereocenters. The van der Waals surface area contributed by atoms with Crippen molar-refractivity contribution in [2.24, 2.45) is 5.92 Å². The minimum Gasteiger partial charge on any atom is -0.379 e. The Morgan fingerprint density at radius 1 is 1.24 bits per heavy atom. The molecule has 180 valence electrons. The van der Waals surface area contributed by atoms with Gasteiger partial charge in [-0.2, -0.15) is 13.2 Å². The fraction of sp³-hybridized carbons (Fsp3) is 0.400. The lowest BCUT2D eigenvalue weighted by atomic mass is 9.98. The number of aromatic amines is 1. The fourth-order valence-corrected chi connectivity index (χ4v) is 4.52. The highest BCUT2D eigenvalue weighted by Gasteiger charge is 2.35. The third kappa shape index (κ3) is 4.93. The minimum absolute atomic E-state index is 0.000536. The number of carbonyl (C=O) groups is 1. The largest absolute Gasteiger partial charge is 0.416 e. The lowest BCUT2D eigenvalue weighted by molar-refractivity contribution is -0.138. The number of H-pyrrole nitrogens is 1. The van der Waals surface area contributed by atoms with E-state index in [0.29, 0.717) is 17.2 Å². The van der Waals surface area contributed by atoms with E-state index in [4.69, 9.17) is 0 Å². The summed E-state index contributed by atoms with van der Waals surface area (Å²) >= 11 is 0. The van der Waals surface area contributed by atoms with Crippen molar-refractivity contribution in [1.82, 2.24) is 14.9 Å². The van der Waals surface area contributed by atoms with Gasteiger partial charge in [0, 0.05) is 30.4 Å². The second-order valence-corrected chi connectivity index (χ2v) is 9.05. The zero-order valence-corrected chi connectivity index (χ0v) is 19.3. The summed E-state index contributed by atoms with van der Waals surface area (Å²) in [6.07, 6.45) is -2.52. The Morgan fingerprint density at radius 2 is 1.94 bits per heavy atom. The number of nitrogens with zero attached hydrogens (tertiary/aromatic N) is 2. The van der Waals surface area contributed by atoms with Crippen molar-refractivity contribution in [2.75, 3.05) is 18.4 Å². The third-order valence-electron chi connectivity index (χ3n) is 6.23. The van der Waals surface area contributed by atoms with E-state index in [1.807, 2.05) is 4.90 Å². The van der Waals surface area contributed by atoms with Gasteiger partial charge in [0.1, 0.15) is 5.82 Å². The summed E-state index contributed by atoms with van der Waals surface area (Å²) in [7, 11) is 0. The van der Waals surface area contributed by atoms with Crippen LogP contribution in [0, 0.1) is 12.8 Å². The molecule has 3 aromatic rings. The molecule has 2 heterocycles. The number of fused-ring (bicyclic) bond motifs is 1. The van der Waals surface area contributed by atoms with E-state index in [0.717, 1.165) is 32.0 Å².